The molecule has 0 aliphatic carbocycles. The van der Waals surface area contributed by atoms with Gasteiger partial charge >= 0.3 is 0 Å². The number of amides is 2. The number of hydrogen-bond donors (Lipinski definition) is 0. The van der Waals surface area contributed by atoms with E-state index in [-0.39, 0.29) is 11.8 Å². The fourth-order valence-corrected chi connectivity index (χ4v) is 3.51. The minimum absolute atomic E-state index is 0.0401. The monoisotopic (exact) mass is 392 g/mol. The van der Waals surface area contributed by atoms with Gasteiger partial charge in [0.25, 0.3) is 0 Å². The van der Waals surface area contributed by atoms with E-state index in [9.17, 15) is 9.59 Å². The lowest BCUT2D eigenvalue weighted by atomic mass is 10.1. The van der Waals surface area contributed by atoms with Gasteiger partial charge in [-0.1, -0.05) is 42.5 Å². The van der Waals surface area contributed by atoms with Crippen molar-refractivity contribution in [3.05, 3.63) is 71.3 Å². The minimum Gasteiger partial charge on any atom is -0.497 e. The average Bonchev–Trinajstić information content (AvgIpc) is 3.01. The summed E-state index contributed by atoms with van der Waals surface area (Å²) in [5.41, 5.74) is 2.70. The second-order valence-corrected chi connectivity index (χ2v) is 7.29. The Morgan fingerprint density at radius 1 is 0.931 bits per heavy atom. The maximum atomic E-state index is 12.8. The van der Waals surface area contributed by atoms with Gasteiger partial charge in [0.2, 0.25) is 11.8 Å². The molecule has 1 aliphatic heterocycles. The maximum absolute atomic E-state index is 12.8. The molecule has 0 saturated carbocycles. The smallest absolute Gasteiger partial charge is 0.249 e. The standard InChI is InChI=1S/C24H28N2O3/c1-19(17-20-7-4-3-5-8-20)24(28)26-14-6-13-25(15-16-26)23(27)18-21-9-11-22(29-2)12-10-21/h3-5,7-12,17H,6,13-16,18H2,1-2H3/b19-17+. The molecular formula is C24H28N2O3. The Bertz CT molecular complexity index is 859. The minimum atomic E-state index is 0.0401. The highest BCUT2D eigenvalue weighted by Gasteiger charge is 2.22. The van der Waals surface area contributed by atoms with E-state index in [2.05, 4.69) is 0 Å². The molecule has 1 fully saturated rings. The lowest BCUT2D eigenvalue weighted by Gasteiger charge is -2.22. The molecule has 5 heteroatoms. The first-order valence-corrected chi connectivity index (χ1v) is 10.00. The third-order valence-electron chi connectivity index (χ3n) is 5.17. The summed E-state index contributed by atoms with van der Waals surface area (Å²) in [7, 11) is 1.63. The van der Waals surface area contributed by atoms with Crippen LogP contribution in [0.4, 0.5) is 0 Å². The van der Waals surface area contributed by atoms with E-state index in [0.717, 1.165) is 23.3 Å². The number of nitrogens with zero attached hydrogens (tertiary/aromatic N) is 2. The van der Waals surface area contributed by atoms with Crippen LogP contribution in [-0.4, -0.2) is 54.9 Å². The zero-order valence-corrected chi connectivity index (χ0v) is 17.1. The summed E-state index contributed by atoms with van der Waals surface area (Å²) in [5.74, 6) is 0.920. The maximum Gasteiger partial charge on any atom is 0.249 e. The van der Waals surface area contributed by atoms with Crippen LogP contribution in [0.15, 0.2) is 60.2 Å². The Morgan fingerprint density at radius 2 is 1.59 bits per heavy atom. The number of ether oxygens (including phenoxy) is 1. The van der Waals surface area contributed by atoms with Gasteiger partial charge in [-0.3, -0.25) is 9.59 Å². The van der Waals surface area contributed by atoms with Crippen molar-refractivity contribution < 1.29 is 14.3 Å². The molecular weight excluding hydrogens is 364 g/mol. The van der Waals surface area contributed by atoms with Gasteiger partial charge in [-0.15, -0.1) is 0 Å². The van der Waals surface area contributed by atoms with Gasteiger partial charge in [-0.2, -0.15) is 0 Å². The second-order valence-electron chi connectivity index (χ2n) is 7.29. The SMILES string of the molecule is COc1ccc(CC(=O)N2CCCN(C(=O)/C(C)=C/c3ccccc3)CC2)cc1. The van der Waals surface area contributed by atoms with Gasteiger partial charge < -0.3 is 14.5 Å². The number of hydrogen-bond acceptors (Lipinski definition) is 3. The summed E-state index contributed by atoms with van der Waals surface area (Å²) in [6.07, 6.45) is 3.07. The lowest BCUT2D eigenvalue weighted by molar-refractivity contribution is -0.131. The lowest BCUT2D eigenvalue weighted by Crippen LogP contribution is -2.38. The molecule has 0 unspecified atom stereocenters. The van der Waals surface area contributed by atoms with Crippen molar-refractivity contribution in [3.63, 3.8) is 0 Å². The summed E-state index contributed by atoms with van der Waals surface area (Å²) in [6.45, 7) is 4.34. The van der Waals surface area contributed by atoms with Crippen molar-refractivity contribution >= 4 is 17.9 Å². The Kier molecular flexibility index (Phi) is 7.06. The summed E-state index contributed by atoms with van der Waals surface area (Å²) >= 11 is 0. The Labute approximate surface area is 172 Å². The number of benzene rings is 2. The molecule has 2 aromatic carbocycles. The molecule has 3 rings (SSSR count). The quantitative estimate of drug-likeness (QED) is 0.733. The van der Waals surface area contributed by atoms with Crippen LogP contribution in [0.25, 0.3) is 6.08 Å². The molecule has 0 aromatic heterocycles. The molecule has 0 spiro atoms. The highest BCUT2D eigenvalue weighted by atomic mass is 16.5. The van der Waals surface area contributed by atoms with Crippen LogP contribution in [0.5, 0.6) is 5.75 Å². The topological polar surface area (TPSA) is 49.9 Å². The Balaban J connectivity index is 1.57. The average molecular weight is 392 g/mol. The molecule has 152 valence electrons. The van der Waals surface area contributed by atoms with Crippen LogP contribution in [0.3, 0.4) is 0 Å². The van der Waals surface area contributed by atoms with Gasteiger partial charge in [0.1, 0.15) is 5.75 Å². The zero-order valence-electron chi connectivity index (χ0n) is 17.1. The van der Waals surface area contributed by atoms with Crippen LogP contribution in [-0.2, 0) is 16.0 Å². The van der Waals surface area contributed by atoms with E-state index in [1.807, 2.05) is 77.4 Å². The van der Waals surface area contributed by atoms with Gasteiger partial charge in [0.15, 0.2) is 0 Å². The van der Waals surface area contributed by atoms with Crippen LogP contribution < -0.4 is 4.74 Å². The van der Waals surface area contributed by atoms with Gasteiger partial charge in [0, 0.05) is 31.8 Å². The number of carbonyl (C=O) groups excluding carboxylic acids is 2. The highest BCUT2D eigenvalue weighted by molar-refractivity contribution is 5.97. The Morgan fingerprint density at radius 3 is 2.28 bits per heavy atom. The predicted molar refractivity (Wildman–Crippen MR) is 115 cm³/mol. The first-order chi connectivity index (χ1) is 14.1. The predicted octanol–water partition coefficient (Wildman–Crippen LogP) is 3.40. The van der Waals surface area contributed by atoms with Crippen molar-refractivity contribution in [2.24, 2.45) is 0 Å². The number of carbonyl (C=O) groups is 2. The first-order valence-electron chi connectivity index (χ1n) is 10.00. The fourth-order valence-electron chi connectivity index (χ4n) is 3.51. The summed E-state index contributed by atoms with van der Waals surface area (Å²) in [6, 6.07) is 17.4. The van der Waals surface area contributed by atoms with E-state index < -0.39 is 0 Å². The summed E-state index contributed by atoms with van der Waals surface area (Å²) in [4.78, 5) is 29.3. The van der Waals surface area contributed by atoms with Crippen molar-refractivity contribution in [2.45, 2.75) is 19.8 Å². The second kappa shape index (κ2) is 9.92. The molecule has 1 saturated heterocycles. The van der Waals surface area contributed by atoms with Crippen molar-refractivity contribution in [1.82, 2.24) is 9.80 Å². The number of rotatable bonds is 5. The summed E-state index contributed by atoms with van der Waals surface area (Å²) < 4.78 is 5.16. The Hall–Kier alpha value is -3.08. The van der Waals surface area contributed by atoms with Crippen LogP contribution in [0, 0.1) is 0 Å². The molecule has 5 nitrogen and oxygen atoms in total. The third kappa shape index (κ3) is 5.70. The molecule has 29 heavy (non-hydrogen) atoms. The molecule has 0 bridgehead atoms. The molecule has 2 aromatic rings. The normalized spacial score (nSPS) is 15.0. The molecule has 1 heterocycles. The molecule has 1 aliphatic rings. The fraction of sp³-hybridized carbons (Fsp3) is 0.333. The third-order valence-corrected chi connectivity index (χ3v) is 5.17. The van der Waals surface area contributed by atoms with E-state index >= 15 is 0 Å². The highest BCUT2D eigenvalue weighted by Crippen LogP contribution is 2.15. The largest absolute Gasteiger partial charge is 0.497 e. The van der Waals surface area contributed by atoms with Crippen molar-refractivity contribution in [1.29, 1.82) is 0 Å². The summed E-state index contributed by atoms with van der Waals surface area (Å²) in [5, 5.41) is 0. The van der Waals surface area contributed by atoms with Crippen LogP contribution in [0.1, 0.15) is 24.5 Å². The molecule has 0 atom stereocenters. The van der Waals surface area contributed by atoms with Crippen LogP contribution in [0.2, 0.25) is 0 Å². The van der Waals surface area contributed by atoms with Crippen molar-refractivity contribution in [2.75, 3.05) is 33.3 Å². The molecule has 0 N–H and O–H groups in total. The molecule has 0 radical (unpaired) electrons. The van der Waals surface area contributed by atoms with Crippen molar-refractivity contribution in [3.8, 4) is 5.75 Å². The van der Waals surface area contributed by atoms with Gasteiger partial charge in [-0.25, -0.2) is 0 Å². The zero-order chi connectivity index (χ0) is 20.6. The van der Waals surface area contributed by atoms with E-state index in [0.29, 0.717) is 38.2 Å². The van der Waals surface area contributed by atoms with E-state index in [1.54, 1.807) is 7.11 Å². The van der Waals surface area contributed by atoms with Gasteiger partial charge in [-0.05, 0) is 42.7 Å². The molecule has 2 amide bonds. The van der Waals surface area contributed by atoms with E-state index in [1.165, 1.54) is 0 Å². The van der Waals surface area contributed by atoms with Crippen LogP contribution >= 0.6 is 0 Å². The van der Waals surface area contributed by atoms with E-state index in [4.69, 9.17) is 4.74 Å². The first kappa shape index (κ1) is 20.6. The number of methoxy groups -OCH3 is 1. The van der Waals surface area contributed by atoms with Gasteiger partial charge in [0.05, 0.1) is 13.5 Å².